The minimum absolute atomic E-state index is 1.02. The van der Waals surface area contributed by atoms with E-state index in [1.807, 2.05) is 0 Å². The third-order valence-electron chi connectivity index (χ3n) is 3.77. The van der Waals surface area contributed by atoms with Gasteiger partial charge in [-0.2, -0.15) is 0 Å². The lowest BCUT2D eigenvalue weighted by atomic mass is 9.67. The summed E-state index contributed by atoms with van der Waals surface area (Å²) in [4.78, 5) is 0. The maximum atomic E-state index is 2.50. The lowest BCUT2D eigenvalue weighted by Crippen LogP contribution is -2.29. The molecule has 4 unspecified atom stereocenters. The van der Waals surface area contributed by atoms with Gasteiger partial charge in [-0.1, -0.05) is 11.6 Å². The summed E-state index contributed by atoms with van der Waals surface area (Å²) < 4.78 is 0. The molecule has 0 aromatic rings. The zero-order valence-corrected chi connectivity index (χ0v) is 6.51. The summed E-state index contributed by atoms with van der Waals surface area (Å²) in [6.45, 7) is 2.32. The molecule has 10 heavy (non-hydrogen) atoms. The smallest absolute Gasteiger partial charge is 0.0112 e. The van der Waals surface area contributed by atoms with Crippen LogP contribution in [-0.2, 0) is 0 Å². The Morgan fingerprint density at radius 2 is 2.30 bits per heavy atom. The molecule has 0 heteroatoms. The van der Waals surface area contributed by atoms with Gasteiger partial charge < -0.3 is 0 Å². The predicted molar refractivity (Wildman–Crippen MR) is 41.6 cm³/mol. The third kappa shape index (κ3) is 0.492. The molecule has 0 aliphatic heterocycles. The first-order chi connectivity index (χ1) is 4.86. The highest BCUT2D eigenvalue weighted by Gasteiger charge is 2.52. The summed E-state index contributed by atoms with van der Waals surface area (Å²) in [5.74, 6) is 4.37. The number of hydrogen-bond donors (Lipinski definition) is 0. The van der Waals surface area contributed by atoms with Crippen molar-refractivity contribution in [3.05, 3.63) is 11.6 Å². The maximum absolute atomic E-state index is 2.50. The summed E-state index contributed by atoms with van der Waals surface area (Å²) in [6, 6.07) is 0. The molecule has 0 saturated heterocycles. The fraction of sp³-hybridized carbons (Fsp3) is 0.800. The topological polar surface area (TPSA) is 0 Å². The van der Waals surface area contributed by atoms with Crippen LogP contribution in [0.3, 0.4) is 0 Å². The van der Waals surface area contributed by atoms with Gasteiger partial charge in [0.25, 0.3) is 0 Å². The van der Waals surface area contributed by atoms with Crippen molar-refractivity contribution in [2.45, 2.75) is 26.2 Å². The minimum Gasteiger partial charge on any atom is -0.0816 e. The summed E-state index contributed by atoms with van der Waals surface area (Å²) in [6.07, 6.45) is 7.10. The molecule has 3 rings (SSSR count). The van der Waals surface area contributed by atoms with E-state index in [1.165, 1.54) is 12.8 Å². The van der Waals surface area contributed by atoms with E-state index in [2.05, 4.69) is 13.0 Å². The molecule has 0 heterocycles. The average molecular weight is 134 g/mol. The van der Waals surface area contributed by atoms with Crippen LogP contribution in [0.5, 0.6) is 0 Å². The summed E-state index contributed by atoms with van der Waals surface area (Å²) in [5.41, 5.74) is 1.71. The zero-order chi connectivity index (χ0) is 6.72. The first-order valence-corrected chi connectivity index (χ1v) is 4.54. The Morgan fingerprint density at radius 1 is 1.40 bits per heavy atom. The summed E-state index contributed by atoms with van der Waals surface area (Å²) in [5, 5.41) is 0. The Hall–Kier alpha value is -0.260. The van der Waals surface area contributed by atoms with Crippen LogP contribution >= 0.6 is 0 Å². The van der Waals surface area contributed by atoms with Gasteiger partial charge >= 0.3 is 0 Å². The van der Waals surface area contributed by atoms with Gasteiger partial charge in [0.2, 0.25) is 0 Å². The van der Waals surface area contributed by atoms with Gasteiger partial charge in [0.1, 0.15) is 0 Å². The predicted octanol–water partition coefficient (Wildman–Crippen LogP) is 2.61. The van der Waals surface area contributed by atoms with E-state index in [4.69, 9.17) is 0 Å². The van der Waals surface area contributed by atoms with E-state index in [0.29, 0.717) is 0 Å². The number of hydrogen-bond acceptors (Lipinski definition) is 0. The molecular weight excluding hydrogens is 120 g/mol. The molecule has 0 amide bonds. The van der Waals surface area contributed by atoms with Crippen molar-refractivity contribution in [3.8, 4) is 0 Å². The first kappa shape index (κ1) is 5.40. The molecule has 2 fully saturated rings. The summed E-state index contributed by atoms with van der Waals surface area (Å²) >= 11 is 0. The number of fused-ring (bicyclic) bond motifs is 3. The highest BCUT2D eigenvalue weighted by molar-refractivity contribution is 5.26. The van der Waals surface area contributed by atoms with Crippen molar-refractivity contribution >= 4 is 0 Å². The van der Waals surface area contributed by atoms with E-state index < -0.39 is 0 Å². The number of rotatable bonds is 0. The maximum Gasteiger partial charge on any atom is -0.0112 e. The van der Waals surface area contributed by atoms with Crippen LogP contribution in [0.2, 0.25) is 0 Å². The van der Waals surface area contributed by atoms with Gasteiger partial charge in [-0.15, -0.1) is 0 Å². The van der Waals surface area contributed by atoms with Crippen molar-refractivity contribution in [1.29, 1.82) is 0 Å². The highest BCUT2D eigenvalue weighted by Crippen LogP contribution is 2.60. The molecule has 2 saturated carbocycles. The molecule has 0 bridgehead atoms. The van der Waals surface area contributed by atoms with Crippen molar-refractivity contribution < 1.29 is 0 Å². The molecule has 3 aliphatic rings. The lowest BCUT2D eigenvalue weighted by molar-refractivity contribution is 0.265. The van der Waals surface area contributed by atoms with Crippen molar-refractivity contribution in [2.75, 3.05) is 0 Å². The summed E-state index contributed by atoms with van der Waals surface area (Å²) in [7, 11) is 0. The van der Waals surface area contributed by atoms with Crippen LogP contribution in [0.1, 0.15) is 26.2 Å². The minimum atomic E-state index is 1.02. The normalized spacial score (nSPS) is 55.9. The van der Waals surface area contributed by atoms with Crippen LogP contribution in [-0.4, -0.2) is 0 Å². The Kier molecular flexibility index (Phi) is 0.805. The Bertz CT molecular complexity index is 202. The van der Waals surface area contributed by atoms with E-state index in [0.717, 1.165) is 23.7 Å². The Labute approximate surface area is 62.3 Å². The second kappa shape index (κ2) is 1.49. The van der Waals surface area contributed by atoms with E-state index in [-0.39, 0.29) is 0 Å². The van der Waals surface area contributed by atoms with Crippen LogP contribution in [0, 0.1) is 23.7 Å². The van der Waals surface area contributed by atoms with Crippen molar-refractivity contribution in [2.24, 2.45) is 23.7 Å². The molecule has 0 spiro atoms. The molecule has 0 aromatic heterocycles. The van der Waals surface area contributed by atoms with Gasteiger partial charge in [-0.25, -0.2) is 0 Å². The van der Waals surface area contributed by atoms with Crippen LogP contribution < -0.4 is 0 Å². The Balaban J connectivity index is 1.91. The second-order valence-corrected chi connectivity index (χ2v) is 4.34. The van der Waals surface area contributed by atoms with Gasteiger partial charge in [-0.05, 0) is 49.9 Å². The molecule has 0 nitrogen and oxygen atoms in total. The van der Waals surface area contributed by atoms with Crippen molar-refractivity contribution in [3.63, 3.8) is 0 Å². The second-order valence-electron chi connectivity index (χ2n) is 4.34. The quantitative estimate of drug-likeness (QED) is 0.447. The number of allylic oxidation sites excluding steroid dienone is 2. The molecular formula is C10H14. The first-order valence-electron chi connectivity index (χ1n) is 4.54. The van der Waals surface area contributed by atoms with E-state index >= 15 is 0 Å². The van der Waals surface area contributed by atoms with Crippen LogP contribution in [0.15, 0.2) is 11.6 Å². The van der Waals surface area contributed by atoms with Gasteiger partial charge in [0, 0.05) is 0 Å². The average Bonchev–Trinajstić information content (AvgIpc) is 2.61. The van der Waals surface area contributed by atoms with Gasteiger partial charge in [0.15, 0.2) is 0 Å². The molecule has 54 valence electrons. The van der Waals surface area contributed by atoms with E-state index in [9.17, 15) is 0 Å². The highest BCUT2D eigenvalue weighted by atomic mass is 14.6. The van der Waals surface area contributed by atoms with Crippen LogP contribution in [0.4, 0.5) is 0 Å². The van der Waals surface area contributed by atoms with Gasteiger partial charge in [0.05, 0.1) is 0 Å². The lowest BCUT2D eigenvalue weighted by Gasteiger charge is -2.38. The van der Waals surface area contributed by atoms with Crippen molar-refractivity contribution in [1.82, 2.24) is 0 Å². The fourth-order valence-corrected chi connectivity index (χ4v) is 3.14. The molecule has 3 aliphatic carbocycles. The molecule has 0 radical (unpaired) electrons. The van der Waals surface area contributed by atoms with Gasteiger partial charge in [-0.3, -0.25) is 0 Å². The zero-order valence-electron chi connectivity index (χ0n) is 6.51. The fourth-order valence-electron chi connectivity index (χ4n) is 3.14. The Morgan fingerprint density at radius 3 is 3.00 bits per heavy atom. The van der Waals surface area contributed by atoms with Crippen LogP contribution in [0.25, 0.3) is 0 Å². The SMILES string of the molecule is CC1=CC2CCC3CC3C12. The molecule has 4 atom stereocenters. The standard InChI is InChI=1S/C10H14/c1-6-4-8-3-2-7-5-9(7)10(6)8/h4,7-10H,2-3,5H2,1H3. The monoisotopic (exact) mass is 134 g/mol. The molecule has 0 aromatic carbocycles. The largest absolute Gasteiger partial charge is 0.0816 e. The molecule has 0 N–H and O–H groups in total. The third-order valence-corrected chi connectivity index (χ3v) is 3.77. The van der Waals surface area contributed by atoms with E-state index in [1.54, 1.807) is 12.0 Å².